The molecule has 0 spiro atoms. The average molecular weight is 346 g/mol. The zero-order valence-electron chi connectivity index (χ0n) is 15.6. The Morgan fingerprint density at radius 3 is 2.44 bits per heavy atom. The van der Waals surface area contributed by atoms with Gasteiger partial charge in [-0.15, -0.1) is 0 Å². The van der Waals surface area contributed by atoms with E-state index in [2.05, 4.69) is 27.4 Å². The smallest absolute Gasteiger partial charge is 0.0950 e. The van der Waals surface area contributed by atoms with Crippen LogP contribution in [0.25, 0.3) is 0 Å². The maximum atomic E-state index is 10.4. The number of aliphatic hydroxyl groups is 2. The Morgan fingerprint density at radius 2 is 1.84 bits per heavy atom. The molecule has 25 heavy (non-hydrogen) atoms. The number of likely N-dealkylation sites (N-methyl/N-ethyl adjacent to an activating group) is 1. The van der Waals surface area contributed by atoms with Gasteiger partial charge in [0.25, 0.3) is 0 Å². The van der Waals surface area contributed by atoms with Crippen LogP contribution in [0, 0.1) is 13.8 Å². The first-order chi connectivity index (χ1) is 11.9. The predicted molar refractivity (Wildman–Crippen MR) is 99.3 cm³/mol. The third-order valence-electron chi connectivity index (χ3n) is 4.43. The summed E-state index contributed by atoms with van der Waals surface area (Å²) in [6.07, 6.45) is -1.11. The number of aryl methyl sites for hydroxylation is 2. The molecule has 1 aromatic carbocycles. The molecule has 138 valence electrons. The van der Waals surface area contributed by atoms with Crippen LogP contribution in [0.2, 0.25) is 0 Å². The maximum absolute atomic E-state index is 10.4. The number of nitrogens with one attached hydrogen (secondary N) is 1. The number of aliphatic hydroxyl groups excluding tert-OH is 2. The lowest BCUT2D eigenvalue weighted by atomic mass is 10.1. The maximum Gasteiger partial charge on any atom is 0.0950 e. The van der Waals surface area contributed by atoms with Gasteiger partial charge in [-0.05, 0) is 26.5 Å². The third-order valence-corrected chi connectivity index (χ3v) is 4.43. The molecule has 1 heterocycles. The Hall–Kier alpha value is -1.73. The van der Waals surface area contributed by atoms with Gasteiger partial charge in [-0.2, -0.15) is 5.10 Å². The minimum atomic E-state index is -0.622. The molecule has 2 atom stereocenters. The van der Waals surface area contributed by atoms with E-state index in [1.165, 1.54) is 5.56 Å². The van der Waals surface area contributed by atoms with Gasteiger partial charge in [0.2, 0.25) is 0 Å². The standard InChI is InChI=1S/C19H30N4O2/c1-14-19(15(2)23(4)21-14)18(25)11-20-10-17(24)13-22(3)12-16-8-6-5-7-9-16/h5-9,17-18,20,24-25H,10-13H2,1-4H3. The van der Waals surface area contributed by atoms with Crippen molar-refractivity contribution in [2.24, 2.45) is 7.05 Å². The van der Waals surface area contributed by atoms with Crippen LogP contribution in [-0.4, -0.2) is 57.7 Å². The van der Waals surface area contributed by atoms with E-state index in [1.807, 2.05) is 46.1 Å². The summed E-state index contributed by atoms with van der Waals surface area (Å²) in [5.74, 6) is 0. The first-order valence-electron chi connectivity index (χ1n) is 8.68. The molecule has 0 saturated carbocycles. The van der Waals surface area contributed by atoms with Gasteiger partial charge in [0.1, 0.15) is 0 Å². The van der Waals surface area contributed by atoms with E-state index in [-0.39, 0.29) is 0 Å². The topological polar surface area (TPSA) is 73.5 Å². The van der Waals surface area contributed by atoms with E-state index in [0.29, 0.717) is 19.6 Å². The molecule has 0 fully saturated rings. The minimum absolute atomic E-state index is 0.396. The normalized spacial score (nSPS) is 14.0. The third kappa shape index (κ3) is 5.64. The summed E-state index contributed by atoms with van der Waals surface area (Å²) in [4.78, 5) is 2.09. The molecule has 2 unspecified atom stereocenters. The Balaban J connectivity index is 1.73. The largest absolute Gasteiger partial charge is 0.390 e. The lowest BCUT2D eigenvalue weighted by molar-refractivity contribution is 0.112. The first kappa shape index (κ1) is 19.6. The van der Waals surface area contributed by atoms with Gasteiger partial charge in [-0.25, -0.2) is 0 Å². The molecule has 1 aromatic heterocycles. The number of benzene rings is 1. The van der Waals surface area contributed by atoms with E-state index >= 15 is 0 Å². The molecule has 0 radical (unpaired) electrons. The van der Waals surface area contributed by atoms with E-state index in [0.717, 1.165) is 23.5 Å². The summed E-state index contributed by atoms with van der Waals surface area (Å²) in [5, 5.41) is 28.0. The first-order valence-corrected chi connectivity index (χ1v) is 8.68. The molecule has 0 amide bonds. The Kier molecular flexibility index (Phi) is 7.13. The Morgan fingerprint density at radius 1 is 1.16 bits per heavy atom. The molecular weight excluding hydrogens is 316 g/mol. The predicted octanol–water partition coefficient (Wildman–Crippen LogP) is 1.15. The Bertz CT molecular complexity index is 657. The van der Waals surface area contributed by atoms with Crippen LogP contribution >= 0.6 is 0 Å². The number of rotatable bonds is 9. The lowest BCUT2D eigenvalue weighted by Gasteiger charge is -2.21. The number of hydrogen-bond donors (Lipinski definition) is 3. The van der Waals surface area contributed by atoms with Gasteiger partial charge in [-0.1, -0.05) is 30.3 Å². The second-order valence-electron chi connectivity index (χ2n) is 6.72. The highest BCUT2D eigenvalue weighted by atomic mass is 16.3. The molecule has 0 saturated heterocycles. The van der Waals surface area contributed by atoms with E-state index < -0.39 is 12.2 Å². The van der Waals surface area contributed by atoms with E-state index in [9.17, 15) is 10.2 Å². The molecule has 6 nitrogen and oxygen atoms in total. The van der Waals surface area contributed by atoms with Gasteiger partial charge >= 0.3 is 0 Å². The number of nitrogens with zero attached hydrogens (tertiary/aromatic N) is 3. The molecule has 3 N–H and O–H groups in total. The van der Waals surface area contributed by atoms with Crippen molar-refractivity contribution in [1.29, 1.82) is 0 Å². The summed E-state index contributed by atoms with van der Waals surface area (Å²) < 4.78 is 1.78. The monoisotopic (exact) mass is 346 g/mol. The molecule has 0 aliphatic carbocycles. The summed E-state index contributed by atoms with van der Waals surface area (Å²) in [6, 6.07) is 10.2. The molecule has 0 bridgehead atoms. The molecule has 0 aliphatic rings. The van der Waals surface area contributed by atoms with Crippen molar-refractivity contribution in [3.05, 3.63) is 52.8 Å². The fraction of sp³-hybridized carbons (Fsp3) is 0.526. The summed E-state index contributed by atoms with van der Waals surface area (Å²) in [5.41, 5.74) is 3.90. The second kappa shape index (κ2) is 9.10. The summed E-state index contributed by atoms with van der Waals surface area (Å²) in [7, 11) is 3.87. The molecule has 0 aliphatic heterocycles. The van der Waals surface area contributed by atoms with Crippen molar-refractivity contribution < 1.29 is 10.2 Å². The molecule has 2 aromatic rings. The number of aromatic nitrogens is 2. The van der Waals surface area contributed by atoms with Gasteiger partial charge in [-0.3, -0.25) is 9.58 Å². The van der Waals surface area contributed by atoms with Crippen molar-refractivity contribution in [2.75, 3.05) is 26.7 Å². The van der Waals surface area contributed by atoms with Gasteiger partial charge in [0, 0.05) is 44.5 Å². The summed E-state index contributed by atoms with van der Waals surface area (Å²) in [6.45, 7) is 6.06. The van der Waals surface area contributed by atoms with Crippen LogP contribution in [0.4, 0.5) is 0 Å². The van der Waals surface area contributed by atoms with E-state index in [1.54, 1.807) is 4.68 Å². The summed E-state index contributed by atoms with van der Waals surface area (Å²) >= 11 is 0. The number of hydrogen-bond acceptors (Lipinski definition) is 5. The molecule has 6 heteroatoms. The van der Waals surface area contributed by atoms with Gasteiger partial charge in [0.05, 0.1) is 17.9 Å². The van der Waals surface area contributed by atoms with Crippen molar-refractivity contribution in [3.8, 4) is 0 Å². The van der Waals surface area contributed by atoms with Crippen molar-refractivity contribution >= 4 is 0 Å². The molecular formula is C19H30N4O2. The Labute approximate surface area is 150 Å². The van der Waals surface area contributed by atoms with Gasteiger partial charge in [0.15, 0.2) is 0 Å². The van der Waals surface area contributed by atoms with Crippen LogP contribution in [-0.2, 0) is 13.6 Å². The van der Waals surface area contributed by atoms with Crippen LogP contribution in [0.1, 0.15) is 28.6 Å². The highest BCUT2D eigenvalue weighted by molar-refractivity contribution is 5.27. The van der Waals surface area contributed by atoms with Crippen molar-refractivity contribution in [2.45, 2.75) is 32.6 Å². The second-order valence-corrected chi connectivity index (χ2v) is 6.72. The molecule has 2 rings (SSSR count). The minimum Gasteiger partial charge on any atom is -0.390 e. The lowest BCUT2D eigenvalue weighted by Crippen LogP contribution is -2.37. The quantitative estimate of drug-likeness (QED) is 0.635. The zero-order valence-corrected chi connectivity index (χ0v) is 15.6. The van der Waals surface area contributed by atoms with Crippen LogP contribution in [0.3, 0.4) is 0 Å². The zero-order chi connectivity index (χ0) is 18.4. The fourth-order valence-electron chi connectivity index (χ4n) is 3.14. The van der Waals surface area contributed by atoms with Crippen molar-refractivity contribution in [3.63, 3.8) is 0 Å². The van der Waals surface area contributed by atoms with Gasteiger partial charge < -0.3 is 15.5 Å². The van der Waals surface area contributed by atoms with Crippen LogP contribution < -0.4 is 5.32 Å². The van der Waals surface area contributed by atoms with Crippen LogP contribution in [0.15, 0.2) is 30.3 Å². The highest BCUT2D eigenvalue weighted by Gasteiger charge is 2.18. The van der Waals surface area contributed by atoms with Crippen molar-refractivity contribution in [1.82, 2.24) is 20.0 Å². The SMILES string of the molecule is Cc1nn(C)c(C)c1C(O)CNCC(O)CN(C)Cc1ccccc1. The average Bonchev–Trinajstić information content (AvgIpc) is 2.80. The van der Waals surface area contributed by atoms with Crippen LogP contribution in [0.5, 0.6) is 0 Å². The highest BCUT2D eigenvalue weighted by Crippen LogP contribution is 2.20. The van der Waals surface area contributed by atoms with E-state index in [4.69, 9.17) is 0 Å². The fourth-order valence-corrected chi connectivity index (χ4v) is 3.14.